The van der Waals surface area contributed by atoms with E-state index >= 15 is 0 Å². The maximum absolute atomic E-state index is 12.1. The summed E-state index contributed by atoms with van der Waals surface area (Å²) in [7, 11) is 0. The molecule has 19 heavy (non-hydrogen) atoms. The Hall–Kier alpha value is -1.06. The third kappa shape index (κ3) is 4.51. The Bertz CT molecular complexity index is 388. The van der Waals surface area contributed by atoms with E-state index in [2.05, 4.69) is 5.32 Å². The van der Waals surface area contributed by atoms with Crippen LogP contribution >= 0.6 is 12.4 Å². The Morgan fingerprint density at radius 3 is 2.37 bits per heavy atom. The van der Waals surface area contributed by atoms with Gasteiger partial charge in [0, 0.05) is 12.0 Å². The summed E-state index contributed by atoms with van der Waals surface area (Å²) in [6.45, 7) is 2.03. The quantitative estimate of drug-likeness (QED) is 0.896. The van der Waals surface area contributed by atoms with Crippen LogP contribution in [0.5, 0.6) is 0 Å². The number of halogens is 1. The first kappa shape index (κ1) is 16.0. The van der Waals surface area contributed by atoms with Crippen LogP contribution in [0.1, 0.15) is 44.2 Å². The van der Waals surface area contributed by atoms with E-state index in [4.69, 9.17) is 5.73 Å². The van der Waals surface area contributed by atoms with Crippen LogP contribution in [0.15, 0.2) is 30.3 Å². The van der Waals surface area contributed by atoms with Gasteiger partial charge >= 0.3 is 0 Å². The minimum absolute atomic E-state index is 0. The maximum atomic E-state index is 12.1. The van der Waals surface area contributed by atoms with Crippen LogP contribution in [0.3, 0.4) is 0 Å². The van der Waals surface area contributed by atoms with Gasteiger partial charge in [-0.25, -0.2) is 0 Å². The van der Waals surface area contributed by atoms with Crippen LogP contribution < -0.4 is 11.1 Å². The van der Waals surface area contributed by atoms with Crippen molar-refractivity contribution in [3.63, 3.8) is 0 Å². The molecule has 0 spiro atoms. The van der Waals surface area contributed by atoms with E-state index in [0.717, 1.165) is 31.2 Å². The highest BCUT2D eigenvalue weighted by Crippen LogP contribution is 2.24. The molecule has 0 aromatic heterocycles. The molecular weight excluding hydrogens is 260 g/mol. The molecule has 0 bridgehead atoms. The molecule has 0 unspecified atom stereocenters. The van der Waals surface area contributed by atoms with Crippen LogP contribution in [0.25, 0.3) is 0 Å². The Morgan fingerprint density at radius 2 is 1.79 bits per heavy atom. The Morgan fingerprint density at radius 1 is 1.21 bits per heavy atom. The molecule has 3 N–H and O–H groups in total. The lowest BCUT2D eigenvalue weighted by atomic mass is 9.85. The van der Waals surface area contributed by atoms with E-state index in [9.17, 15) is 4.79 Å². The average molecular weight is 283 g/mol. The molecule has 1 aromatic rings. The number of carbonyl (C=O) groups excluding carboxylic acids is 1. The van der Waals surface area contributed by atoms with Crippen LogP contribution in [0.2, 0.25) is 0 Å². The summed E-state index contributed by atoms with van der Waals surface area (Å²) in [6, 6.07) is 10.4. The van der Waals surface area contributed by atoms with E-state index < -0.39 is 0 Å². The lowest BCUT2D eigenvalue weighted by molar-refractivity contribution is -0.126. The van der Waals surface area contributed by atoms with E-state index in [1.54, 1.807) is 0 Å². The Kier molecular flexibility index (Phi) is 6.32. The molecular formula is C15H23ClN2O. The second-order valence-electron chi connectivity index (χ2n) is 5.25. The van der Waals surface area contributed by atoms with Gasteiger partial charge in [0.25, 0.3) is 0 Å². The predicted octanol–water partition coefficient (Wildman–Crippen LogP) is 2.80. The summed E-state index contributed by atoms with van der Waals surface area (Å²) in [4.78, 5) is 12.1. The zero-order chi connectivity index (χ0) is 13.0. The lowest BCUT2D eigenvalue weighted by Crippen LogP contribution is -2.37. The fraction of sp³-hybridized carbons (Fsp3) is 0.533. The van der Waals surface area contributed by atoms with Crippen molar-refractivity contribution >= 4 is 18.3 Å². The summed E-state index contributed by atoms with van der Waals surface area (Å²) in [5.41, 5.74) is 7.01. The molecule has 1 fully saturated rings. The van der Waals surface area contributed by atoms with E-state index in [1.165, 1.54) is 0 Å². The molecule has 1 saturated carbocycles. The minimum Gasteiger partial charge on any atom is -0.349 e. The highest BCUT2D eigenvalue weighted by Gasteiger charge is 2.25. The maximum Gasteiger partial charge on any atom is 0.223 e. The number of benzene rings is 1. The first-order chi connectivity index (χ1) is 8.66. The van der Waals surface area contributed by atoms with Gasteiger partial charge in [-0.05, 0) is 38.2 Å². The van der Waals surface area contributed by atoms with Gasteiger partial charge in [-0.1, -0.05) is 30.3 Å². The fourth-order valence-corrected chi connectivity index (χ4v) is 2.54. The second kappa shape index (κ2) is 7.51. The number of hydrogen-bond donors (Lipinski definition) is 2. The fourth-order valence-electron chi connectivity index (χ4n) is 2.54. The van der Waals surface area contributed by atoms with Crippen molar-refractivity contribution in [3.8, 4) is 0 Å². The monoisotopic (exact) mass is 282 g/mol. The molecule has 2 rings (SSSR count). The summed E-state index contributed by atoms with van der Waals surface area (Å²) >= 11 is 0. The molecule has 106 valence electrons. The van der Waals surface area contributed by atoms with Gasteiger partial charge in [0.05, 0.1) is 6.04 Å². The third-order valence-corrected chi connectivity index (χ3v) is 3.80. The highest BCUT2D eigenvalue weighted by molar-refractivity contribution is 5.85. The normalized spacial score (nSPS) is 24.1. The number of nitrogens with two attached hydrogens (primary N) is 1. The van der Waals surface area contributed by atoms with Gasteiger partial charge in [-0.15, -0.1) is 12.4 Å². The third-order valence-electron chi connectivity index (χ3n) is 3.80. The molecule has 0 aliphatic heterocycles. The van der Waals surface area contributed by atoms with Crippen molar-refractivity contribution in [2.24, 2.45) is 11.7 Å². The van der Waals surface area contributed by atoms with Crippen molar-refractivity contribution in [3.05, 3.63) is 35.9 Å². The van der Waals surface area contributed by atoms with Gasteiger partial charge in [0.2, 0.25) is 5.91 Å². The summed E-state index contributed by atoms with van der Waals surface area (Å²) in [6.07, 6.45) is 3.79. The molecule has 0 saturated heterocycles. The molecule has 3 nitrogen and oxygen atoms in total. The Balaban J connectivity index is 0.00000180. The van der Waals surface area contributed by atoms with Crippen molar-refractivity contribution in [1.29, 1.82) is 0 Å². The second-order valence-corrected chi connectivity index (χ2v) is 5.25. The van der Waals surface area contributed by atoms with Gasteiger partial charge in [0.1, 0.15) is 0 Å². The SMILES string of the molecule is C[C@@H](NC(=O)[C@H]1CC[C@H](N)CC1)c1ccccc1.Cl. The molecule has 0 heterocycles. The molecule has 1 atom stereocenters. The molecule has 4 heteroatoms. The predicted molar refractivity (Wildman–Crippen MR) is 80.2 cm³/mol. The topological polar surface area (TPSA) is 55.1 Å². The summed E-state index contributed by atoms with van der Waals surface area (Å²) in [5, 5.41) is 3.10. The molecule has 1 aliphatic rings. The number of amides is 1. The van der Waals surface area contributed by atoms with Gasteiger partial charge in [-0.3, -0.25) is 4.79 Å². The zero-order valence-corrected chi connectivity index (χ0v) is 12.2. The average Bonchev–Trinajstić information content (AvgIpc) is 2.40. The molecule has 1 aliphatic carbocycles. The zero-order valence-electron chi connectivity index (χ0n) is 11.3. The first-order valence-corrected chi connectivity index (χ1v) is 6.77. The van der Waals surface area contributed by atoms with Crippen molar-refractivity contribution < 1.29 is 4.79 Å². The molecule has 0 radical (unpaired) electrons. The van der Waals surface area contributed by atoms with Crippen LogP contribution in [0.4, 0.5) is 0 Å². The standard InChI is InChI=1S/C15H22N2O.ClH/c1-11(12-5-3-2-4-6-12)17-15(18)13-7-9-14(16)10-8-13;/h2-6,11,13-14H,7-10,16H2,1H3,(H,17,18);1H/t11-,13-,14-;/m1./s1. The van der Waals surface area contributed by atoms with Crippen molar-refractivity contribution in [1.82, 2.24) is 5.32 Å². The van der Waals surface area contributed by atoms with Crippen LogP contribution in [-0.4, -0.2) is 11.9 Å². The van der Waals surface area contributed by atoms with Crippen molar-refractivity contribution in [2.75, 3.05) is 0 Å². The summed E-state index contributed by atoms with van der Waals surface area (Å²) in [5.74, 6) is 0.328. The van der Waals surface area contributed by atoms with E-state index in [-0.39, 0.29) is 30.3 Å². The molecule has 1 amide bonds. The molecule has 1 aromatic carbocycles. The number of nitrogens with one attached hydrogen (secondary N) is 1. The largest absolute Gasteiger partial charge is 0.349 e. The van der Waals surface area contributed by atoms with Crippen LogP contribution in [0, 0.1) is 5.92 Å². The van der Waals surface area contributed by atoms with Gasteiger partial charge in [-0.2, -0.15) is 0 Å². The first-order valence-electron chi connectivity index (χ1n) is 6.77. The Labute approximate surface area is 121 Å². The van der Waals surface area contributed by atoms with E-state index in [0.29, 0.717) is 6.04 Å². The number of rotatable bonds is 3. The summed E-state index contributed by atoms with van der Waals surface area (Å²) < 4.78 is 0. The number of hydrogen-bond acceptors (Lipinski definition) is 2. The smallest absolute Gasteiger partial charge is 0.223 e. The van der Waals surface area contributed by atoms with Crippen molar-refractivity contribution in [2.45, 2.75) is 44.7 Å². The van der Waals surface area contributed by atoms with E-state index in [1.807, 2.05) is 37.3 Å². The van der Waals surface area contributed by atoms with Gasteiger partial charge < -0.3 is 11.1 Å². The minimum atomic E-state index is 0. The lowest BCUT2D eigenvalue weighted by Gasteiger charge is -2.26. The van der Waals surface area contributed by atoms with Crippen LogP contribution in [-0.2, 0) is 4.79 Å². The highest BCUT2D eigenvalue weighted by atomic mass is 35.5. The number of carbonyl (C=O) groups is 1. The van der Waals surface area contributed by atoms with Gasteiger partial charge in [0.15, 0.2) is 0 Å².